The largest absolute Gasteiger partial charge is 0.481 e. The van der Waals surface area contributed by atoms with E-state index in [1.807, 2.05) is 18.2 Å². The molecule has 1 aromatic rings. The minimum Gasteiger partial charge on any atom is -0.481 e. The third kappa shape index (κ3) is 12.7. The number of carboxylic acids is 2. The second-order valence-electron chi connectivity index (χ2n) is 8.41. The van der Waals surface area contributed by atoms with Gasteiger partial charge < -0.3 is 15.3 Å². The van der Waals surface area contributed by atoms with Crippen molar-refractivity contribution in [1.29, 1.82) is 0 Å². The molecule has 178 valence electrons. The first-order chi connectivity index (χ1) is 15.3. The number of aliphatic carboxylic acids is 1. The third-order valence-electron chi connectivity index (χ3n) is 5.11. The molecule has 0 aliphatic heterocycles. The minimum absolute atomic E-state index is 0.00387. The first kappa shape index (κ1) is 28.0. The molecule has 3 N–H and O–H groups in total. The number of allylic oxidation sites excluding steroid dienone is 3. The fraction of sp³-hybridized carbons (Fsp3) is 0.538. The zero-order valence-corrected chi connectivity index (χ0v) is 20.1. The molecule has 6 heteroatoms. The maximum absolute atomic E-state index is 11.2. The van der Waals surface area contributed by atoms with Gasteiger partial charge in [-0.3, -0.25) is 4.79 Å². The fourth-order valence-corrected chi connectivity index (χ4v) is 4.38. The Hall–Kier alpha value is -2.05. The van der Waals surface area contributed by atoms with Gasteiger partial charge in [0.25, 0.3) is 0 Å². The van der Waals surface area contributed by atoms with Crippen molar-refractivity contribution in [3.8, 4) is 0 Å². The summed E-state index contributed by atoms with van der Waals surface area (Å²) in [5.41, 5.74) is 0.618. The monoisotopic (exact) mass is 462 g/mol. The lowest BCUT2D eigenvalue weighted by Gasteiger charge is -2.20. The van der Waals surface area contributed by atoms with E-state index in [1.54, 1.807) is 12.1 Å². The van der Waals surface area contributed by atoms with Crippen molar-refractivity contribution in [1.82, 2.24) is 0 Å². The van der Waals surface area contributed by atoms with Gasteiger partial charge in [-0.05, 0) is 36.5 Å². The van der Waals surface area contributed by atoms with Crippen molar-refractivity contribution in [2.75, 3.05) is 5.75 Å². The summed E-state index contributed by atoms with van der Waals surface area (Å²) in [6, 6.07) is 6.23. The van der Waals surface area contributed by atoms with Crippen molar-refractivity contribution >= 4 is 23.7 Å². The number of thioether (sulfide) groups is 1. The topological polar surface area (TPSA) is 94.8 Å². The molecule has 0 fully saturated rings. The van der Waals surface area contributed by atoms with Gasteiger partial charge in [-0.1, -0.05) is 82.4 Å². The van der Waals surface area contributed by atoms with Gasteiger partial charge in [0.1, 0.15) is 0 Å². The summed E-state index contributed by atoms with van der Waals surface area (Å²) in [6.07, 6.45) is 15.5. The van der Waals surface area contributed by atoms with E-state index in [4.69, 9.17) is 5.11 Å². The smallest absolute Gasteiger partial charge is 0.335 e. The first-order valence-electron chi connectivity index (χ1n) is 11.5. The van der Waals surface area contributed by atoms with Crippen molar-refractivity contribution in [2.24, 2.45) is 5.92 Å². The van der Waals surface area contributed by atoms with E-state index in [0.29, 0.717) is 11.3 Å². The van der Waals surface area contributed by atoms with Crippen LogP contribution in [0.5, 0.6) is 0 Å². The molecule has 0 unspecified atom stereocenters. The highest BCUT2D eigenvalue weighted by Gasteiger charge is 2.20. The molecule has 0 aromatic heterocycles. The maximum atomic E-state index is 11.2. The Balaban J connectivity index is 2.56. The number of aliphatic hydroxyl groups excluding tert-OH is 1. The summed E-state index contributed by atoms with van der Waals surface area (Å²) in [5, 5.41) is 28.5. The van der Waals surface area contributed by atoms with E-state index in [9.17, 15) is 19.8 Å². The Kier molecular flexibility index (Phi) is 14.5. The van der Waals surface area contributed by atoms with Crippen LogP contribution in [0.4, 0.5) is 0 Å². The number of unbranched alkanes of at least 4 members (excludes halogenated alkanes) is 5. The highest BCUT2D eigenvalue weighted by Crippen LogP contribution is 2.29. The summed E-state index contributed by atoms with van der Waals surface area (Å²) >= 11 is 1.35. The summed E-state index contributed by atoms with van der Waals surface area (Å²) in [4.78, 5) is 22.1. The van der Waals surface area contributed by atoms with Crippen LogP contribution < -0.4 is 0 Å². The van der Waals surface area contributed by atoms with E-state index in [0.717, 1.165) is 18.8 Å². The number of carboxylic acid groups (broad SMARTS) is 2. The van der Waals surface area contributed by atoms with Gasteiger partial charge in [-0.25, -0.2) is 4.79 Å². The van der Waals surface area contributed by atoms with Crippen molar-refractivity contribution in [2.45, 2.75) is 76.6 Å². The zero-order chi connectivity index (χ0) is 23.8. The summed E-state index contributed by atoms with van der Waals surface area (Å²) in [6.45, 7) is 4.53. The van der Waals surface area contributed by atoms with E-state index in [-0.39, 0.29) is 17.2 Å². The second kappa shape index (κ2) is 16.6. The number of carbonyl (C=O) groups is 2. The van der Waals surface area contributed by atoms with E-state index in [1.165, 1.54) is 56.0 Å². The van der Waals surface area contributed by atoms with Gasteiger partial charge >= 0.3 is 11.9 Å². The molecule has 0 heterocycles. The number of hydrogen-bond acceptors (Lipinski definition) is 4. The van der Waals surface area contributed by atoms with Crippen LogP contribution in [0.25, 0.3) is 0 Å². The highest BCUT2D eigenvalue weighted by atomic mass is 32.2. The SMILES string of the molecule is CC(C)CCCCCCCC=CC=C[C@@H](SCCC(=O)O)[C@@H](O)c1cccc(C(=O)O)c1. The molecule has 0 radical (unpaired) electrons. The molecule has 0 amide bonds. The lowest BCUT2D eigenvalue weighted by Crippen LogP contribution is -2.15. The number of hydrogen-bond donors (Lipinski definition) is 3. The van der Waals surface area contributed by atoms with Crippen LogP contribution in [0.3, 0.4) is 0 Å². The van der Waals surface area contributed by atoms with Gasteiger partial charge in [0.15, 0.2) is 0 Å². The third-order valence-corrected chi connectivity index (χ3v) is 6.35. The molecule has 0 aliphatic rings. The van der Waals surface area contributed by atoms with Gasteiger partial charge in [0.05, 0.1) is 23.3 Å². The van der Waals surface area contributed by atoms with Crippen LogP contribution in [-0.2, 0) is 4.79 Å². The van der Waals surface area contributed by atoms with Crippen LogP contribution in [0.2, 0.25) is 0 Å². The van der Waals surface area contributed by atoms with Crippen LogP contribution >= 0.6 is 11.8 Å². The van der Waals surface area contributed by atoms with Gasteiger partial charge in [-0.15, -0.1) is 0 Å². The Morgan fingerprint density at radius 1 is 1.03 bits per heavy atom. The molecule has 1 rings (SSSR count). The Morgan fingerprint density at radius 2 is 1.75 bits per heavy atom. The predicted octanol–water partition coefficient (Wildman–Crippen LogP) is 6.49. The Labute approximate surface area is 196 Å². The van der Waals surface area contributed by atoms with Gasteiger partial charge in [-0.2, -0.15) is 11.8 Å². The van der Waals surface area contributed by atoms with Crippen LogP contribution in [0.1, 0.15) is 87.2 Å². The number of benzene rings is 1. The van der Waals surface area contributed by atoms with E-state index in [2.05, 4.69) is 19.9 Å². The maximum Gasteiger partial charge on any atom is 0.335 e. The standard InChI is InChI=1S/C26H38O5S/c1-20(2)13-10-8-6-4-3-5-7-9-11-16-23(32-18-17-24(27)28)25(29)21-14-12-15-22(19-21)26(30)31/h7,9,11-12,14-16,19-20,23,25,29H,3-6,8,10,13,17-18H2,1-2H3,(H,27,28)(H,30,31)/t23-,25+/m1/s1. The zero-order valence-electron chi connectivity index (χ0n) is 19.3. The molecule has 0 spiro atoms. The second-order valence-corrected chi connectivity index (χ2v) is 9.69. The van der Waals surface area contributed by atoms with E-state index >= 15 is 0 Å². The molecule has 0 saturated heterocycles. The number of aliphatic hydroxyl groups is 1. The molecule has 0 bridgehead atoms. The van der Waals surface area contributed by atoms with Crippen molar-refractivity contribution < 1.29 is 24.9 Å². The first-order valence-corrected chi connectivity index (χ1v) is 12.5. The predicted molar refractivity (Wildman–Crippen MR) is 132 cm³/mol. The number of rotatable bonds is 17. The summed E-state index contributed by atoms with van der Waals surface area (Å²) in [5.74, 6) is -0.782. The van der Waals surface area contributed by atoms with Gasteiger partial charge in [0, 0.05) is 5.75 Å². The molecule has 0 saturated carbocycles. The van der Waals surface area contributed by atoms with Crippen LogP contribution in [0, 0.1) is 5.92 Å². The number of aromatic carboxylic acids is 1. The van der Waals surface area contributed by atoms with Crippen molar-refractivity contribution in [3.05, 3.63) is 59.7 Å². The lowest BCUT2D eigenvalue weighted by atomic mass is 10.0. The average Bonchev–Trinajstić information content (AvgIpc) is 2.75. The minimum atomic E-state index is -1.05. The Bertz CT molecular complexity index is 741. The molecule has 32 heavy (non-hydrogen) atoms. The van der Waals surface area contributed by atoms with Crippen LogP contribution in [-0.4, -0.2) is 38.3 Å². The quantitative estimate of drug-likeness (QED) is 0.181. The molecule has 0 aliphatic carbocycles. The molecule has 2 atom stereocenters. The molecular weight excluding hydrogens is 424 g/mol. The van der Waals surface area contributed by atoms with Crippen molar-refractivity contribution in [3.63, 3.8) is 0 Å². The molecule has 1 aromatic carbocycles. The summed E-state index contributed by atoms with van der Waals surface area (Å²) in [7, 11) is 0. The van der Waals surface area contributed by atoms with Crippen LogP contribution in [0.15, 0.2) is 48.6 Å². The average molecular weight is 463 g/mol. The van der Waals surface area contributed by atoms with E-state index < -0.39 is 18.0 Å². The Morgan fingerprint density at radius 3 is 2.44 bits per heavy atom. The molecule has 5 nitrogen and oxygen atoms in total. The summed E-state index contributed by atoms with van der Waals surface area (Å²) < 4.78 is 0. The fourth-order valence-electron chi connectivity index (χ4n) is 3.27. The highest BCUT2D eigenvalue weighted by molar-refractivity contribution is 8.00. The molecular formula is C26H38O5S. The van der Waals surface area contributed by atoms with Gasteiger partial charge in [0.2, 0.25) is 0 Å². The normalized spacial score (nSPS) is 13.8. The lowest BCUT2D eigenvalue weighted by molar-refractivity contribution is -0.136.